The van der Waals surface area contributed by atoms with Gasteiger partial charge in [0.05, 0.1) is 9.23 Å². The van der Waals surface area contributed by atoms with E-state index in [9.17, 15) is 4.79 Å². The first kappa shape index (κ1) is 14.4. The minimum Gasteiger partial charge on any atom is -0.303 e. The SMILES string of the molecule is O=CCc1cc(Br)c(Sc2ccc(Cl)cc2Cl)s1. The molecule has 94 valence electrons. The number of hydrogen-bond acceptors (Lipinski definition) is 3. The second kappa shape index (κ2) is 6.44. The number of aldehydes is 1. The highest BCUT2D eigenvalue weighted by Crippen LogP contribution is 2.42. The molecule has 1 nitrogen and oxygen atoms in total. The van der Waals surface area contributed by atoms with Gasteiger partial charge in [-0.05, 0) is 40.2 Å². The topological polar surface area (TPSA) is 17.1 Å². The highest BCUT2D eigenvalue weighted by atomic mass is 79.9. The van der Waals surface area contributed by atoms with Gasteiger partial charge in [-0.15, -0.1) is 11.3 Å². The average molecular weight is 382 g/mol. The Morgan fingerprint density at radius 3 is 2.78 bits per heavy atom. The van der Waals surface area contributed by atoms with E-state index < -0.39 is 0 Å². The van der Waals surface area contributed by atoms with Crippen molar-refractivity contribution in [1.29, 1.82) is 0 Å². The van der Waals surface area contributed by atoms with Crippen molar-refractivity contribution in [2.24, 2.45) is 0 Å². The summed E-state index contributed by atoms with van der Waals surface area (Å²) < 4.78 is 2.07. The molecule has 6 heteroatoms. The van der Waals surface area contributed by atoms with E-state index >= 15 is 0 Å². The lowest BCUT2D eigenvalue weighted by Gasteiger charge is -2.02. The first-order valence-electron chi connectivity index (χ1n) is 4.95. The van der Waals surface area contributed by atoms with Crippen LogP contribution in [0.3, 0.4) is 0 Å². The molecule has 0 aliphatic rings. The van der Waals surface area contributed by atoms with E-state index in [4.69, 9.17) is 23.2 Å². The number of benzene rings is 1. The van der Waals surface area contributed by atoms with Crippen LogP contribution in [0.1, 0.15) is 4.88 Å². The van der Waals surface area contributed by atoms with Gasteiger partial charge in [-0.25, -0.2) is 0 Å². The zero-order valence-electron chi connectivity index (χ0n) is 8.95. The fraction of sp³-hybridized carbons (Fsp3) is 0.0833. The van der Waals surface area contributed by atoms with Gasteiger partial charge in [-0.3, -0.25) is 0 Å². The lowest BCUT2D eigenvalue weighted by atomic mass is 10.4. The van der Waals surface area contributed by atoms with Crippen molar-refractivity contribution >= 4 is 68.5 Å². The first-order valence-corrected chi connectivity index (χ1v) is 8.13. The van der Waals surface area contributed by atoms with Crippen LogP contribution >= 0.6 is 62.2 Å². The standard InChI is InChI=1S/C12H7BrCl2OS2/c13-9-6-8(3-4-16)17-12(9)18-11-2-1-7(14)5-10(11)15/h1-2,4-6H,3H2. The van der Waals surface area contributed by atoms with Crippen molar-refractivity contribution in [3.05, 3.63) is 43.7 Å². The zero-order chi connectivity index (χ0) is 13.1. The largest absolute Gasteiger partial charge is 0.303 e. The van der Waals surface area contributed by atoms with E-state index in [1.165, 1.54) is 0 Å². The van der Waals surface area contributed by atoms with Gasteiger partial charge in [0.25, 0.3) is 0 Å². The normalized spacial score (nSPS) is 10.6. The van der Waals surface area contributed by atoms with Gasteiger partial charge >= 0.3 is 0 Å². The third kappa shape index (κ3) is 3.52. The summed E-state index contributed by atoms with van der Waals surface area (Å²) in [5, 5.41) is 1.25. The van der Waals surface area contributed by atoms with Crippen LogP contribution in [0, 0.1) is 0 Å². The van der Waals surface area contributed by atoms with Crippen molar-refractivity contribution in [3.8, 4) is 0 Å². The lowest BCUT2D eigenvalue weighted by molar-refractivity contribution is -0.107. The number of halogens is 3. The van der Waals surface area contributed by atoms with E-state index in [0.29, 0.717) is 16.5 Å². The Labute approximate surface area is 132 Å². The number of rotatable bonds is 4. The molecule has 2 aromatic rings. The number of carbonyl (C=O) groups excluding carboxylic acids is 1. The Morgan fingerprint density at radius 1 is 1.33 bits per heavy atom. The maximum absolute atomic E-state index is 10.5. The lowest BCUT2D eigenvalue weighted by Crippen LogP contribution is -1.76. The van der Waals surface area contributed by atoms with E-state index in [2.05, 4.69) is 15.9 Å². The highest BCUT2D eigenvalue weighted by Gasteiger charge is 2.10. The molecule has 0 N–H and O–H groups in total. The zero-order valence-corrected chi connectivity index (χ0v) is 13.7. The molecule has 0 saturated heterocycles. The molecule has 0 radical (unpaired) electrons. The maximum atomic E-state index is 10.5. The summed E-state index contributed by atoms with van der Waals surface area (Å²) in [6.07, 6.45) is 1.35. The summed E-state index contributed by atoms with van der Waals surface area (Å²) >= 11 is 18.6. The molecular formula is C12H7BrCl2OS2. The Kier molecular flexibility index (Phi) is 5.15. The van der Waals surface area contributed by atoms with Crippen LogP contribution in [-0.2, 0) is 11.2 Å². The molecule has 18 heavy (non-hydrogen) atoms. The summed E-state index contributed by atoms with van der Waals surface area (Å²) in [6.45, 7) is 0. The van der Waals surface area contributed by atoms with Crippen molar-refractivity contribution < 1.29 is 4.79 Å². The van der Waals surface area contributed by atoms with E-state index in [0.717, 1.165) is 24.7 Å². The minimum absolute atomic E-state index is 0.443. The predicted molar refractivity (Wildman–Crippen MR) is 82.4 cm³/mol. The van der Waals surface area contributed by atoms with Crippen molar-refractivity contribution in [2.45, 2.75) is 15.5 Å². The number of thiophene rings is 1. The molecule has 0 fully saturated rings. The monoisotopic (exact) mass is 380 g/mol. The molecule has 0 aliphatic heterocycles. The van der Waals surface area contributed by atoms with Crippen molar-refractivity contribution in [2.75, 3.05) is 0 Å². The molecule has 0 atom stereocenters. The van der Waals surface area contributed by atoms with Crippen molar-refractivity contribution in [3.63, 3.8) is 0 Å². The van der Waals surface area contributed by atoms with E-state index in [-0.39, 0.29) is 0 Å². The molecule has 0 spiro atoms. The van der Waals surface area contributed by atoms with Gasteiger partial charge in [0.1, 0.15) is 6.29 Å². The van der Waals surface area contributed by atoms with Crippen molar-refractivity contribution in [1.82, 2.24) is 0 Å². The summed E-state index contributed by atoms with van der Waals surface area (Å²) in [7, 11) is 0. The van der Waals surface area contributed by atoms with Crippen LogP contribution in [0.5, 0.6) is 0 Å². The molecular weight excluding hydrogens is 375 g/mol. The molecule has 0 bridgehead atoms. The van der Waals surface area contributed by atoms with Crippen LogP contribution < -0.4 is 0 Å². The average Bonchev–Trinajstić information content (AvgIpc) is 2.64. The number of hydrogen-bond donors (Lipinski definition) is 0. The van der Waals surface area contributed by atoms with Gasteiger partial charge in [0, 0.05) is 25.7 Å². The van der Waals surface area contributed by atoms with Crippen LogP contribution in [-0.4, -0.2) is 6.29 Å². The van der Waals surface area contributed by atoms with Gasteiger partial charge in [-0.1, -0.05) is 35.0 Å². The Balaban J connectivity index is 2.25. The molecule has 0 aliphatic carbocycles. The van der Waals surface area contributed by atoms with Gasteiger partial charge < -0.3 is 4.79 Å². The molecule has 0 unspecified atom stereocenters. The summed E-state index contributed by atoms with van der Waals surface area (Å²) in [4.78, 5) is 12.5. The molecule has 0 amide bonds. The quantitative estimate of drug-likeness (QED) is 0.631. The summed E-state index contributed by atoms with van der Waals surface area (Å²) in [5.74, 6) is 0. The third-order valence-corrected chi connectivity index (χ3v) is 6.33. The van der Waals surface area contributed by atoms with Gasteiger partial charge in [0.15, 0.2) is 0 Å². The molecule has 1 aromatic heterocycles. The second-order valence-corrected chi connectivity index (χ2v) is 7.54. The summed E-state index contributed by atoms with van der Waals surface area (Å²) in [5.41, 5.74) is 0. The Morgan fingerprint density at radius 2 is 2.11 bits per heavy atom. The molecule has 1 aromatic carbocycles. The molecule has 1 heterocycles. The smallest absolute Gasteiger partial charge is 0.125 e. The predicted octanol–water partition coefficient (Wildman–Crippen LogP) is 5.71. The van der Waals surface area contributed by atoms with Crippen LogP contribution in [0.4, 0.5) is 0 Å². The number of carbonyl (C=O) groups is 1. The molecule has 0 saturated carbocycles. The molecule has 2 rings (SSSR count). The minimum atomic E-state index is 0.443. The third-order valence-electron chi connectivity index (χ3n) is 2.09. The maximum Gasteiger partial charge on any atom is 0.125 e. The highest BCUT2D eigenvalue weighted by molar-refractivity contribution is 9.10. The van der Waals surface area contributed by atoms with Gasteiger partial charge in [0.2, 0.25) is 0 Å². The Bertz CT molecular complexity index is 583. The van der Waals surface area contributed by atoms with Crippen LogP contribution in [0.25, 0.3) is 0 Å². The van der Waals surface area contributed by atoms with E-state index in [1.54, 1.807) is 29.2 Å². The summed E-state index contributed by atoms with van der Waals surface area (Å²) in [6, 6.07) is 7.38. The second-order valence-electron chi connectivity index (χ2n) is 3.40. The van der Waals surface area contributed by atoms with Gasteiger partial charge in [-0.2, -0.15) is 0 Å². The first-order chi connectivity index (χ1) is 8.60. The Hall–Kier alpha value is -0.000000000000000250. The fourth-order valence-electron chi connectivity index (χ4n) is 1.31. The van der Waals surface area contributed by atoms with Crippen LogP contribution in [0.15, 0.2) is 37.8 Å². The van der Waals surface area contributed by atoms with E-state index in [1.807, 2.05) is 18.2 Å². The fourth-order valence-corrected chi connectivity index (χ4v) is 4.87. The van der Waals surface area contributed by atoms with Crippen LogP contribution in [0.2, 0.25) is 10.0 Å².